The van der Waals surface area contributed by atoms with Gasteiger partial charge in [0.15, 0.2) is 0 Å². The summed E-state index contributed by atoms with van der Waals surface area (Å²) in [7, 11) is 0. The highest BCUT2D eigenvalue weighted by molar-refractivity contribution is 5.91. The first-order valence-electron chi connectivity index (χ1n) is 8.68. The van der Waals surface area contributed by atoms with Gasteiger partial charge in [-0.05, 0) is 43.0 Å². The summed E-state index contributed by atoms with van der Waals surface area (Å²) >= 11 is 0. The monoisotopic (exact) mass is 341 g/mol. The molecule has 2 aromatic rings. The Kier molecular flexibility index (Phi) is 6.21. The number of carbonyl (C=O) groups is 1. The number of anilines is 1. The molecule has 2 rings (SSSR count). The molecule has 0 bridgehead atoms. The standard InChI is InChI=1S/C21H27NO3/c1-6-21(23)22(24)19-12-17(14(2)3)8-9-18(19)13-25-20-10-7-15(4)11-16(20)5/h7-12,14,24H,6,13H2,1-5H3. The van der Waals surface area contributed by atoms with Gasteiger partial charge in [0.05, 0.1) is 5.69 Å². The Morgan fingerprint density at radius 3 is 2.48 bits per heavy atom. The van der Waals surface area contributed by atoms with E-state index in [4.69, 9.17) is 4.74 Å². The van der Waals surface area contributed by atoms with Gasteiger partial charge >= 0.3 is 0 Å². The molecule has 0 aliphatic carbocycles. The highest BCUT2D eigenvalue weighted by Crippen LogP contribution is 2.28. The van der Waals surface area contributed by atoms with Crippen LogP contribution < -0.4 is 9.80 Å². The Labute approximate surface area is 150 Å². The van der Waals surface area contributed by atoms with Gasteiger partial charge in [-0.2, -0.15) is 5.06 Å². The zero-order chi connectivity index (χ0) is 18.6. The van der Waals surface area contributed by atoms with Crippen molar-refractivity contribution in [2.24, 2.45) is 0 Å². The summed E-state index contributed by atoms with van der Waals surface area (Å²) in [6, 6.07) is 11.8. The van der Waals surface area contributed by atoms with E-state index in [1.165, 1.54) is 5.56 Å². The Morgan fingerprint density at radius 2 is 1.88 bits per heavy atom. The van der Waals surface area contributed by atoms with E-state index in [0.29, 0.717) is 11.6 Å². The Morgan fingerprint density at radius 1 is 1.16 bits per heavy atom. The molecule has 25 heavy (non-hydrogen) atoms. The molecule has 0 aliphatic rings. The third-order valence-corrected chi connectivity index (χ3v) is 4.26. The lowest BCUT2D eigenvalue weighted by Gasteiger charge is -2.21. The van der Waals surface area contributed by atoms with Crippen LogP contribution in [0.3, 0.4) is 0 Å². The average molecular weight is 341 g/mol. The van der Waals surface area contributed by atoms with Crippen LogP contribution in [-0.2, 0) is 11.4 Å². The van der Waals surface area contributed by atoms with E-state index in [0.717, 1.165) is 27.5 Å². The zero-order valence-corrected chi connectivity index (χ0v) is 15.7. The van der Waals surface area contributed by atoms with Crippen LogP contribution in [0.15, 0.2) is 36.4 Å². The molecule has 1 N–H and O–H groups in total. The molecule has 0 fully saturated rings. The van der Waals surface area contributed by atoms with Crippen LogP contribution in [0.1, 0.15) is 55.4 Å². The van der Waals surface area contributed by atoms with Crippen LogP contribution in [0.4, 0.5) is 5.69 Å². The summed E-state index contributed by atoms with van der Waals surface area (Å²) < 4.78 is 5.93. The quantitative estimate of drug-likeness (QED) is 0.585. The molecule has 0 spiro atoms. The second kappa shape index (κ2) is 8.17. The van der Waals surface area contributed by atoms with Crippen molar-refractivity contribution < 1.29 is 14.7 Å². The Bertz CT molecular complexity index is 753. The zero-order valence-electron chi connectivity index (χ0n) is 15.7. The van der Waals surface area contributed by atoms with Crippen molar-refractivity contribution in [1.29, 1.82) is 0 Å². The van der Waals surface area contributed by atoms with Gasteiger partial charge in [-0.3, -0.25) is 10.0 Å². The molecule has 0 saturated carbocycles. The lowest BCUT2D eigenvalue weighted by atomic mass is 10.00. The molecular weight excluding hydrogens is 314 g/mol. The number of carbonyl (C=O) groups excluding carboxylic acids is 1. The average Bonchev–Trinajstić information content (AvgIpc) is 2.59. The molecule has 4 heteroatoms. The number of benzene rings is 2. The number of hydrogen-bond donors (Lipinski definition) is 1. The summed E-state index contributed by atoms with van der Waals surface area (Å²) in [5.74, 6) is 0.766. The highest BCUT2D eigenvalue weighted by Gasteiger charge is 2.17. The summed E-state index contributed by atoms with van der Waals surface area (Å²) in [6.07, 6.45) is 0.236. The minimum absolute atomic E-state index is 0.236. The maximum atomic E-state index is 11.9. The second-order valence-corrected chi connectivity index (χ2v) is 6.66. The lowest BCUT2D eigenvalue weighted by molar-refractivity contribution is -0.123. The largest absolute Gasteiger partial charge is 0.489 e. The van der Waals surface area contributed by atoms with Crippen molar-refractivity contribution in [3.05, 3.63) is 58.7 Å². The second-order valence-electron chi connectivity index (χ2n) is 6.66. The molecule has 0 radical (unpaired) electrons. The van der Waals surface area contributed by atoms with Gasteiger partial charge in [-0.25, -0.2) is 0 Å². The van der Waals surface area contributed by atoms with E-state index >= 15 is 0 Å². The molecule has 0 saturated heterocycles. The van der Waals surface area contributed by atoms with Crippen molar-refractivity contribution in [3.63, 3.8) is 0 Å². The maximum absolute atomic E-state index is 11.9. The third kappa shape index (κ3) is 4.60. The number of nitrogens with zero attached hydrogens (tertiary/aromatic N) is 1. The SMILES string of the molecule is CCC(=O)N(O)c1cc(C(C)C)ccc1COc1ccc(C)cc1C. The number of hydrogen-bond acceptors (Lipinski definition) is 3. The van der Waals surface area contributed by atoms with Gasteiger partial charge in [0.25, 0.3) is 0 Å². The summed E-state index contributed by atoms with van der Waals surface area (Å²) in [6.45, 7) is 10.2. The first-order chi connectivity index (χ1) is 11.8. The topological polar surface area (TPSA) is 49.8 Å². The van der Waals surface area contributed by atoms with Crippen LogP contribution in [0.2, 0.25) is 0 Å². The molecule has 1 amide bonds. The van der Waals surface area contributed by atoms with Gasteiger partial charge in [0.1, 0.15) is 12.4 Å². The molecule has 0 aliphatic heterocycles. The van der Waals surface area contributed by atoms with E-state index in [2.05, 4.69) is 19.9 Å². The number of rotatable bonds is 6. The van der Waals surface area contributed by atoms with E-state index in [-0.39, 0.29) is 18.9 Å². The smallest absolute Gasteiger partial charge is 0.250 e. The predicted molar refractivity (Wildman–Crippen MR) is 100 cm³/mol. The van der Waals surface area contributed by atoms with Crippen LogP contribution in [0.25, 0.3) is 0 Å². The normalized spacial score (nSPS) is 10.8. The lowest BCUT2D eigenvalue weighted by Crippen LogP contribution is -2.27. The molecule has 134 valence electrons. The van der Waals surface area contributed by atoms with Gasteiger partial charge in [-0.15, -0.1) is 0 Å². The predicted octanol–water partition coefficient (Wildman–Crippen LogP) is 5.14. The summed E-state index contributed by atoms with van der Waals surface area (Å²) in [5.41, 5.74) is 4.57. The molecule has 2 aromatic carbocycles. The third-order valence-electron chi connectivity index (χ3n) is 4.26. The Hall–Kier alpha value is -2.33. The van der Waals surface area contributed by atoms with E-state index in [9.17, 15) is 10.0 Å². The van der Waals surface area contributed by atoms with Crippen LogP contribution in [0, 0.1) is 13.8 Å². The number of hydroxylamine groups is 1. The van der Waals surface area contributed by atoms with E-state index < -0.39 is 0 Å². The van der Waals surface area contributed by atoms with Gasteiger partial charge in [-0.1, -0.05) is 50.6 Å². The first-order valence-corrected chi connectivity index (χ1v) is 8.68. The minimum Gasteiger partial charge on any atom is -0.489 e. The van der Waals surface area contributed by atoms with Crippen LogP contribution in [0.5, 0.6) is 5.75 Å². The fourth-order valence-electron chi connectivity index (χ4n) is 2.66. The number of ether oxygens (including phenoxy) is 1. The van der Waals surface area contributed by atoms with Gasteiger partial charge in [0, 0.05) is 12.0 Å². The van der Waals surface area contributed by atoms with Crippen LogP contribution >= 0.6 is 0 Å². The first kappa shape index (κ1) is 19.0. The molecule has 0 aromatic heterocycles. The van der Waals surface area contributed by atoms with Crippen molar-refractivity contribution in [2.75, 3.05) is 5.06 Å². The van der Waals surface area contributed by atoms with Crippen molar-refractivity contribution in [2.45, 2.75) is 53.6 Å². The van der Waals surface area contributed by atoms with Gasteiger partial charge < -0.3 is 4.74 Å². The molecule has 0 atom stereocenters. The molecule has 0 heterocycles. The fraction of sp³-hybridized carbons (Fsp3) is 0.381. The highest BCUT2D eigenvalue weighted by atomic mass is 16.5. The summed E-state index contributed by atoms with van der Waals surface area (Å²) in [4.78, 5) is 11.9. The maximum Gasteiger partial charge on any atom is 0.250 e. The van der Waals surface area contributed by atoms with Crippen molar-refractivity contribution in [1.82, 2.24) is 0 Å². The molecular formula is C21H27NO3. The minimum atomic E-state index is -0.339. The summed E-state index contributed by atoms with van der Waals surface area (Å²) in [5, 5.41) is 11.0. The van der Waals surface area contributed by atoms with E-state index in [1.54, 1.807) is 6.92 Å². The van der Waals surface area contributed by atoms with Crippen molar-refractivity contribution >= 4 is 11.6 Å². The van der Waals surface area contributed by atoms with E-state index in [1.807, 2.05) is 44.2 Å². The van der Waals surface area contributed by atoms with Crippen LogP contribution in [-0.4, -0.2) is 11.1 Å². The fourth-order valence-corrected chi connectivity index (χ4v) is 2.66. The van der Waals surface area contributed by atoms with Crippen molar-refractivity contribution in [3.8, 4) is 5.75 Å². The number of amides is 1. The molecule has 0 unspecified atom stereocenters. The molecule has 4 nitrogen and oxygen atoms in total. The Balaban J connectivity index is 2.30. The van der Waals surface area contributed by atoms with Gasteiger partial charge in [0.2, 0.25) is 5.91 Å². The number of aryl methyl sites for hydroxylation is 2.